The lowest BCUT2D eigenvalue weighted by molar-refractivity contribution is -0.122. The van der Waals surface area contributed by atoms with Gasteiger partial charge in [-0.3, -0.25) is 4.79 Å². The van der Waals surface area contributed by atoms with Crippen molar-refractivity contribution < 1.29 is 13.9 Å². The van der Waals surface area contributed by atoms with E-state index in [0.717, 1.165) is 5.56 Å². The lowest BCUT2D eigenvalue weighted by Crippen LogP contribution is -2.31. The zero-order valence-corrected chi connectivity index (χ0v) is 11.0. The van der Waals surface area contributed by atoms with Gasteiger partial charge >= 0.3 is 0 Å². The van der Waals surface area contributed by atoms with E-state index in [4.69, 9.17) is 10.00 Å². The molecule has 0 aromatic heterocycles. The van der Waals surface area contributed by atoms with Crippen molar-refractivity contribution >= 4 is 11.6 Å². The molecule has 0 fully saturated rings. The number of amides is 1. The van der Waals surface area contributed by atoms with Gasteiger partial charge in [0.1, 0.15) is 23.2 Å². The molecule has 0 bridgehead atoms. The van der Waals surface area contributed by atoms with Crippen molar-refractivity contribution in [3.8, 4) is 11.8 Å². The van der Waals surface area contributed by atoms with Gasteiger partial charge in [0.05, 0.1) is 5.69 Å². The highest BCUT2D eigenvalue weighted by atomic mass is 19.1. The van der Waals surface area contributed by atoms with Crippen LogP contribution in [0, 0.1) is 17.1 Å². The third-order valence-corrected chi connectivity index (χ3v) is 3.32. The first kappa shape index (κ1) is 13.1. The molecule has 1 atom stereocenters. The summed E-state index contributed by atoms with van der Waals surface area (Å²) in [5, 5.41) is 11.5. The molecule has 5 heteroatoms. The first-order chi connectivity index (χ1) is 10.2. The van der Waals surface area contributed by atoms with E-state index in [1.807, 2.05) is 18.2 Å². The Balaban J connectivity index is 1.78. The summed E-state index contributed by atoms with van der Waals surface area (Å²) in [7, 11) is 0. The molecule has 1 aliphatic rings. The highest BCUT2D eigenvalue weighted by Gasteiger charge is 2.29. The number of anilines is 1. The number of halogens is 1. The van der Waals surface area contributed by atoms with Gasteiger partial charge < -0.3 is 10.1 Å². The van der Waals surface area contributed by atoms with Crippen molar-refractivity contribution in [2.24, 2.45) is 0 Å². The molecule has 21 heavy (non-hydrogen) atoms. The van der Waals surface area contributed by atoms with Crippen molar-refractivity contribution in [2.45, 2.75) is 12.5 Å². The van der Waals surface area contributed by atoms with E-state index in [0.29, 0.717) is 12.2 Å². The molecule has 0 aliphatic carbocycles. The largest absolute Gasteiger partial charge is 0.480 e. The second kappa shape index (κ2) is 5.25. The second-order valence-electron chi connectivity index (χ2n) is 4.68. The van der Waals surface area contributed by atoms with Crippen molar-refractivity contribution in [1.29, 1.82) is 5.26 Å². The number of nitrogens with one attached hydrogen (secondary N) is 1. The zero-order chi connectivity index (χ0) is 14.8. The third-order valence-electron chi connectivity index (χ3n) is 3.32. The Kier molecular flexibility index (Phi) is 3.28. The molecule has 1 amide bonds. The Bertz CT molecular complexity index is 727. The van der Waals surface area contributed by atoms with E-state index < -0.39 is 17.8 Å². The number of hydrogen-bond acceptors (Lipinski definition) is 3. The van der Waals surface area contributed by atoms with Crippen LogP contribution >= 0.6 is 0 Å². The Morgan fingerprint density at radius 1 is 1.29 bits per heavy atom. The number of rotatable bonds is 2. The van der Waals surface area contributed by atoms with Gasteiger partial charge in [0.25, 0.3) is 5.91 Å². The van der Waals surface area contributed by atoms with Gasteiger partial charge in [-0.15, -0.1) is 0 Å². The smallest absolute Gasteiger partial charge is 0.265 e. The van der Waals surface area contributed by atoms with Crippen molar-refractivity contribution in [3.63, 3.8) is 0 Å². The molecule has 3 rings (SSSR count). The Morgan fingerprint density at radius 3 is 2.86 bits per heavy atom. The van der Waals surface area contributed by atoms with Crippen LogP contribution in [0.2, 0.25) is 0 Å². The predicted octanol–water partition coefficient (Wildman–Crippen LogP) is 2.64. The molecule has 1 unspecified atom stereocenters. The van der Waals surface area contributed by atoms with Crippen LogP contribution in [0.25, 0.3) is 0 Å². The summed E-state index contributed by atoms with van der Waals surface area (Å²) in [5.41, 5.74) is 0.931. The van der Waals surface area contributed by atoms with Crippen LogP contribution < -0.4 is 10.1 Å². The standard InChI is InChI=1S/C16H11FN2O2/c17-12-5-3-6-13(11(12)9-18)19-16(20)15-8-10-4-1-2-7-14(10)21-15/h1-7,15H,8H2,(H,19,20). The Hall–Kier alpha value is -2.87. The number of nitriles is 1. The van der Waals surface area contributed by atoms with Crippen LogP contribution in [0.3, 0.4) is 0 Å². The normalized spacial score (nSPS) is 15.7. The SMILES string of the molecule is N#Cc1c(F)cccc1NC(=O)C1Cc2ccccc2O1. The minimum absolute atomic E-state index is 0.155. The highest BCUT2D eigenvalue weighted by Crippen LogP contribution is 2.29. The lowest BCUT2D eigenvalue weighted by atomic mass is 10.1. The fourth-order valence-electron chi connectivity index (χ4n) is 2.28. The van der Waals surface area contributed by atoms with Crippen molar-refractivity contribution in [3.05, 3.63) is 59.4 Å². The average molecular weight is 282 g/mol. The fraction of sp³-hybridized carbons (Fsp3) is 0.125. The van der Waals surface area contributed by atoms with Crippen LogP contribution in [0.4, 0.5) is 10.1 Å². The molecule has 2 aromatic rings. The van der Waals surface area contributed by atoms with Crippen molar-refractivity contribution in [2.75, 3.05) is 5.32 Å². The first-order valence-electron chi connectivity index (χ1n) is 6.43. The van der Waals surface area contributed by atoms with E-state index in [9.17, 15) is 9.18 Å². The van der Waals surface area contributed by atoms with Gasteiger partial charge in [0, 0.05) is 6.42 Å². The summed E-state index contributed by atoms with van der Waals surface area (Å²) in [6.07, 6.45) is -0.212. The molecule has 1 aliphatic heterocycles. The quantitative estimate of drug-likeness (QED) is 0.921. The van der Waals surface area contributed by atoms with Gasteiger partial charge in [0.2, 0.25) is 0 Å². The van der Waals surface area contributed by atoms with E-state index >= 15 is 0 Å². The highest BCUT2D eigenvalue weighted by molar-refractivity contribution is 5.96. The van der Waals surface area contributed by atoms with E-state index in [1.165, 1.54) is 18.2 Å². The maximum Gasteiger partial charge on any atom is 0.265 e. The minimum atomic E-state index is -0.669. The number of benzene rings is 2. The van der Waals surface area contributed by atoms with Gasteiger partial charge in [-0.05, 0) is 23.8 Å². The van der Waals surface area contributed by atoms with E-state index in [1.54, 1.807) is 12.1 Å². The topological polar surface area (TPSA) is 62.1 Å². The molecule has 0 saturated carbocycles. The Labute approximate surface area is 120 Å². The number of para-hydroxylation sites is 1. The third kappa shape index (κ3) is 2.43. The monoisotopic (exact) mass is 282 g/mol. The maximum atomic E-state index is 13.5. The van der Waals surface area contributed by atoms with E-state index in [-0.39, 0.29) is 11.3 Å². The molecule has 1 N–H and O–H groups in total. The number of fused-ring (bicyclic) bond motifs is 1. The summed E-state index contributed by atoms with van der Waals surface area (Å²) >= 11 is 0. The molecule has 4 nitrogen and oxygen atoms in total. The summed E-state index contributed by atoms with van der Waals surface area (Å²) in [4.78, 5) is 12.2. The molecule has 0 saturated heterocycles. The summed E-state index contributed by atoms with van der Waals surface area (Å²) in [5.74, 6) is -0.378. The number of ether oxygens (including phenoxy) is 1. The number of carbonyl (C=O) groups excluding carboxylic acids is 1. The van der Waals surface area contributed by atoms with Gasteiger partial charge in [-0.25, -0.2) is 4.39 Å². The second-order valence-corrected chi connectivity index (χ2v) is 4.68. The molecular formula is C16H11FN2O2. The van der Waals surface area contributed by atoms with Crippen LogP contribution in [0.15, 0.2) is 42.5 Å². The molecule has 2 aromatic carbocycles. The van der Waals surface area contributed by atoms with Gasteiger partial charge in [0.15, 0.2) is 6.10 Å². The summed E-state index contributed by atoms with van der Waals surface area (Å²) in [6.45, 7) is 0. The molecule has 1 heterocycles. The van der Waals surface area contributed by atoms with Crippen LogP contribution in [-0.2, 0) is 11.2 Å². The summed E-state index contributed by atoms with van der Waals surface area (Å²) in [6, 6.07) is 13.3. The van der Waals surface area contributed by atoms with Gasteiger partial charge in [-0.2, -0.15) is 5.26 Å². The average Bonchev–Trinajstić information content (AvgIpc) is 2.91. The first-order valence-corrected chi connectivity index (χ1v) is 6.43. The van der Waals surface area contributed by atoms with Crippen molar-refractivity contribution in [1.82, 2.24) is 0 Å². The maximum absolute atomic E-state index is 13.5. The summed E-state index contributed by atoms with van der Waals surface area (Å²) < 4.78 is 19.0. The number of hydrogen-bond donors (Lipinski definition) is 1. The lowest BCUT2D eigenvalue weighted by Gasteiger charge is -2.12. The fourth-order valence-corrected chi connectivity index (χ4v) is 2.28. The zero-order valence-electron chi connectivity index (χ0n) is 11.0. The molecule has 0 radical (unpaired) electrons. The van der Waals surface area contributed by atoms with Crippen LogP contribution in [0.5, 0.6) is 5.75 Å². The molecule has 0 spiro atoms. The molecular weight excluding hydrogens is 271 g/mol. The van der Waals surface area contributed by atoms with Crippen LogP contribution in [-0.4, -0.2) is 12.0 Å². The predicted molar refractivity (Wildman–Crippen MR) is 74.3 cm³/mol. The number of nitrogens with zero attached hydrogens (tertiary/aromatic N) is 1. The number of carbonyl (C=O) groups is 1. The van der Waals surface area contributed by atoms with Gasteiger partial charge in [-0.1, -0.05) is 24.3 Å². The minimum Gasteiger partial charge on any atom is -0.480 e. The Morgan fingerprint density at radius 2 is 2.10 bits per heavy atom. The van der Waals surface area contributed by atoms with Crippen LogP contribution in [0.1, 0.15) is 11.1 Å². The molecule has 104 valence electrons. The van der Waals surface area contributed by atoms with E-state index in [2.05, 4.69) is 5.32 Å².